The maximum absolute atomic E-state index is 11.1. The van der Waals surface area contributed by atoms with Crippen LogP contribution in [0.5, 0.6) is 11.5 Å². The van der Waals surface area contributed by atoms with Gasteiger partial charge in [-0.15, -0.1) is 0 Å². The highest BCUT2D eigenvalue weighted by Gasteiger charge is 2.15. The molecule has 0 fully saturated rings. The van der Waals surface area contributed by atoms with E-state index in [0.29, 0.717) is 22.3 Å². The van der Waals surface area contributed by atoms with Gasteiger partial charge >= 0.3 is 0 Å². The molecular weight excluding hydrogens is 383 g/mol. The normalized spacial score (nSPS) is 10.5. The molecule has 0 aliphatic rings. The molecule has 0 aliphatic carbocycles. The minimum absolute atomic E-state index is 0.0215. The van der Waals surface area contributed by atoms with Crippen molar-refractivity contribution < 1.29 is 9.66 Å². The molecule has 0 saturated carbocycles. The van der Waals surface area contributed by atoms with E-state index in [1.165, 1.54) is 12.3 Å². The molecular formula is C15H9IN2O3. The predicted molar refractivity (Wildman–Crippen MR) is 87.6 cm³/mol. The quantitative estimate of drug-likeness (QED) is 0.373. The number of benzene rings is 2. The molecule has 0 radical (unpaired) electrons. The minimum atomic E-state index is -0.417. The van der Waals surface area contributed by atoms with Crippen molar-refractivity contribution in [3.8, 4) is 11.5 Å². The molecule has 2 aromatic carbocycles. The zero-order valence-electron chi connectivity index (χ0n) is 10.7. The number of nitro benzene ring substituents is 1. The number of non-ortho nitro benzene ring substituents is 1. The second-order valence-electron chi connectivity index (χ2n) is 4.29. The number of nitro groups is 1. The van der Waals surface area contributed by atoms with Gasteiger partial charge in [0, 0.05) is 23.8 Å². The van der Waals surface area contributed by atoms with Crippen molar-refractivity contribution in [2.24, 2.45) is 0 Å². The monoisotopic (exact) mass is 392 g/mol. The zero-order valence-corrected chi connectivity index (χ0v) is 12.9. The molecule has 6 heteroatoms. The van der Waals surface area contributed by atoms with Crippen molar-refractivity contribution in [1.29, 1.82) is 0 Å². The van der Waals surface area contributed by atoms with Gasteiger partial charge in [-0.1, -0.05) is 12.1 Å². The van der Waals surface area contributed by atoms with Crippen LogP contribution >= 0.6 is 22.6 Å². The Labute approximate surface area is 133 Å². The number of aromatic nitrogens is 1. The van der Waals surface area contributed by atoms with E-state index in [1.54, 1.807) is 18.3 Å². The highest BCUT2D eigenvalue weighted by molar-refractivity contribution is 14.1. The number of ether oxygens (including phenoxy) is 1. The van der Waals surface area contributed by atoms with Gasteiger partial charge in [0.15, 0.2) is 0 Å². The van der Waals surface area contributed by atoms with Crippen molar-refractivity contribution >= 4 is 39.1 Å². The number of pyridine rings is 1. The fraction of sp³-hybridized carbons (Fsp3) is 0. The largest absolute Gasteiger partial charge is 0.456 e. The van der Waals surface area contributed by atoms with E-state index < -0.39 is 4.92 Å². The Hall–Kier alpha value is -2.22. The first-order chi connectivity index (χ1) is 10.2. The fourth-order valence-electron chi connectivity index (χ4n) is 2.04. The molecule has 0 spiro atoms. The zero-order chi connectivity index (χ0) is 14.8. The molecule has 0 unspecified atom stereocenters. The van der Waals surface area contributed by atoms with Gasteiger partial charge in [0.05, 0.1) is 13.9 Å². The van der Waals surface area contributed by atoms with Crippen molar-refractivity contribution in [2.75, 3.05) is 0 Å². The third-order valence-electron chi connectivity index (χ3n) is 3.01. The average Bonchev–Trinajstić information content (AvgIpc) is 2.49. The van der Waals surface area contributed by atoms with Crippen LogP contribution in [0.2, 0.25) is 0 Å². The summed E-state index contributed by atoms with van der Waals surface area (Å²) in [6.45, 7) is 0. The molecule has 0 aliphatic heterocycles. The Morgan fingerprint density at radius 1 is 1.05 bits per heavy atom. The first-order valence-corrected chi connectivity index (χ1v) is 7.18. The highest BCUT2D eigenvalue weighted by Crippen LogP contribution is 2.35. The van der Waals surface area contributed by atoms with E-state index in [9.17, 15) is 10.1 Å². The molecule has 1 heterocycles. The first kappa shape index (κ1) is 13.7. The number of fused-ring (bicyclic) bond motifs is 1. The molecule has 1 aromatic heterocycles. The van der Waals surface area contributed by atoms with E-state index in [2.05, 4.69) is 27.6 Å². The Balaban J connectivity index is 2.14. The summed E-state index contributed by atoms with van der Waals surface area (Å²) >= 11 is 2.18. The van der Waals surface area contributed by atoms with E-state index >= 15 is 0 Å². The maximum atomic E-state index is 11.1. The third-order valence-corrected chi connectivity index (χ3v) is 3.90. The summed E-state index contributed by atoms with van der Waals surface area (Å²) in [6.07, 6.45) is 3.07. The van der Waals surface area contributed by atoms with E-state index in [-0.39, 0.29) is 5.69 Å². The third kappa shape index (κ3) is 2.66. The molecule has 21 heavy (non-hydrogen) atoms. The van der Waals surface area contributed by atoms with Gasteiger partial charge in [-0.2, -0.15) is 0 Å². The van der Waals surface area contributed by atoms with Crippen LogP contribution in [-0.4, -0.2) is 9.91 Å². The second-order valence-corrected chi connectivity index (χ2v) is 5.46. The number of hydrogen-bond donors (Lipinski definition) is 0. The van der Waals surface area contributed by atoms with Gasteiger partial charge in [-0.3, -0.25) is 15.1 Å². The average molecular weight is 392 g/mol. The van der Waals surface area contributed by atoms with Crippen LogP contribution in [0.15, 0.2) is 54.9 Å². The lowest BCUT2D eigenvalue weighted by Gasteiger charge is -2.10. The van der Waals surface area contributed by atoms with E-state index in [1.807, 2.05) is 24.3 Å². The van der Waals surface area contributed by atoms with Crippen LogP contribution in [0, 0.1) is 13.7 Å². The van der Waals surface area contributed by atoms with E-state index in [4.69, 9.17) is 4.74 Å². The molecule has 3 aromatic rings. The molecule has 0 saturated heterocycles. The van der Waals surface area contributed by atoms with Crippen LogP contribution in [-0.2, 0) is 0 Å². The smallest absolute Gasteiger partial charge is 0.279 e. The summed E-state index contributed by atoms with van der Waals surface area (Å²) in [6, 6.07) is 12.4. The number of hydrogen-bond acceptors (Lipinski definition) is 4. The summed E-state index contributed by atoms with van der Waals surface area (Å²) in [5.41, 5.74) is 0.0215. The van der Waals surface area contributed by atoms with Crippen LogP contribution in [0.4, 0.5) is 5.69 Å². The van der Waals surface area contributed by atoms with Crippen LogP contribution in [0.25, 0.3) is 10.8 Å². The standard InChI is InChI=1S/C15H9IN2O3/c16-12-3-1-2-4-15(12)21-14-6-5-13(18(19)20)11-9-17-8-7-10(11)14/h1-9H. The van der Waals surface area contributed by atoms with Crippen molar-refractivity contribution in [3.63, 3.8) is 0 Å². The Morgan fingerprint density at radius 2 is 1.86 bits per heavy atom. The highest BCUT2D eigenvalue weighted by atomic mass is 127. The molecule has 104 valence electrons. The summed E-state index contributed by atoms with van der Waals surface area (Å²) in [7, 11) is 0. The van der Waals surface area contributed by atoms with Gasteiger partial charge in [0.2, 0.25) is 0 Å². The van der Waals surface area contributed by atoms with Gasteiger partial charge in [-0.05, 0) is 46.9 Å². The Bertz CT molecular complexity index is 836. The van der Waals surface area contributed by atoms with Crippen LogP contribution in [0.3, 0.4) is 0 Å². The predicted octanol–water partition coefficient (Wildman–Crippen LogP) is 4.54. The van der Waals surface area contributed by atoms with Crippen molar-refractivity contribution in [2.45, 2.75) is 0 Å². The van der Waals surface area contributed by atoms with Gasteiger partial charge in [0.25, 0.3) is 5.69 Å². The maximum Gasteiger partial charge on any atom is 0.279 e. The summed E-state index contributed by atoms with van der Waals surface area (Å²) < 4.78 is 6.87. The SMILES string of the molecule is O=[N+]([O-])c1ccc(Oc2ccccc2I)c2ccncc12. The van der Waals surface area contributed by atoms with E-state index in [0.717, 1.165) is 3.57 Å². The lowest BCUT2D eigenvalue weighted by atomic mass is 10.1. The van der Waals surface area contributed by atoms with Crippen LogP contribution in [0.1, 0.15) is 0 Å². The van der Waals surface area contributed by atoms with Gasteiger partial charge in [0.1, 0.15) is 11.5 Å². The summed E-state index contributed by atoms with van der Waals surface area (Å²) in [4.78, 5) is 14.6. The van der Waals surface area contributed by atoms with Crippen molar-refractivity contribution in [3.05, 3.63) is 68.5 Å². The molecule has 5 nitrogen and oxygen atoms in total. The number of rotatable bonds is 3. The number of nitrogens with zero attached hydrogens (tertiary/aromatic N) is 2. The fourth-order valence-corrected chi connectivity index (χ4v) is 2.54. The molecule has 0 bridgehead atoms. The van der Waals surface area contributed by atoms with Gasteiger partial charge < -0.3 is 4.74 Å². The lowest BCUT2D eigenvalue weighted by Crippen LogP contribution is -1.93. The van der Waals surface area contributed by atoms with Crippen LogP contribution < -0.4 is 4.74 Å². The first-order valence-electron chi connectivity index (χ1n) is 6.10. The van der Waals surface area contributed by atoms with Crippen molar-refractivity contribution in [1.82, 2.24) is 4.98 Å². The number of halogens is 1. The topological polar surface area (TPSA) is 65.3 Å². The second kappa shape index (κ2) is 5.65. The summed E-state index contributed by atoms with van der Waals surface area (Å²) in [5, 5.41) is 12.2. The summed E-state index contributed by atoms with van der Waals surface area (Å²) in [5.74, 6) is 1.28. The Kier molecular flexibility index (Phi) is 3.70. The molecule has 0 amide bonds. The molecule has 0 N–H and O–H groups in total. The minimum Gasteiger partial charge on any atom is -0.456 e. The Morgan fingerprint density at radius 3 is 2.62 bits per heavy atom. The lowest BCUT2D eigenvalue weighted by molar-refractivity contribution is -0.383. The number of para-hydroxylation sites is 1. The molecule has 3 rings (SSSR count). The molecule has 0 atom stereocenters. The van der Waals surface area contributed by atoms with Gasteiger partial charge in [-0.25, -0.2) is 0 Å².